The van der Waals surface area contributed by atoms with Gasteiger partial charge in [-0.2, -0.15) is 4.98 Å². The van der Waals surface area contributed by atoms with Crippen molar-refractivity contribution in [1.29, 1.82) is 0 Å². The first-order chi connectivity index (χ1) is 16.1. The van der Waals surface area contributed by atoms with E-state index in [-0.39, 0.29) is 0 Å². The average molecular weight is 439 g/mol. The zero-order valence-corrected chi connectivity index (χ0v) is 18.8. The van der Waals surface area contributed by atoms with E-state index in [4.69, 9.17) is 5.73 Å². The quantitative estimate of drug-likeness (QED) is 0.468. The highest BCUT2D eigenvalue weighted by molar-refractivity contribution is 5.94. The molecule has 2 heterocycles. The molecule has 0 atom stereocenters. The third-order valence-electron chi connectivity index (χ3n) is 5.26. The number of carbonyl (C=O) groups is 1. The third-order valence-corrected chi connectivity index (χ3v) is 5.26. The standard InChI is InChI=1S/C26H26N6O/c1-3-13-28-25-19(7-5-17-6-12-23-20(14-17)15-21(4-2)30-23)16-29-26(32-25)31-22-10-8-18(9-11-22)24(27)33/h6,8-12,14,16H,3-4,13,15H2,1-2H3,(H2,27,33)(H2,28,29,31,32). The molecule has 166 valence electrons. The minimum absolute atomic E-state index is 0.438. The molecule has 0 bridgehead atoms. The minimum atomic E-state index is -0.464. The topological polar surface area (TPSA) is 105 Å². The number of aliphatic imine (C=N–C) groups is 1. The van der Waals surface area contributed by atoms with E-state index >= 15 is 0 Å². The summed E-state index contributed by atoms with van der Waals surface area (Å²) in [6.07, 6.45) is 4.53. The Morgan fingerprint density at radius 2 is 1.94 bits per heavy atom. The van der Waals surface area contributed by atoms with Gasteiger partial charge in [0, 0.05) is 35.5 Å². The lowest BCUT2D eigenvalue weighted by molar-refractivity contribution is 0.100. The molecule has 1 amide bonds. The average Bonchev–Trinajstić information content (AvgIpc) is 3.25. The molecule has 1 aliphatic rings. The molecule has 7 heteroatoms. The molecular formula is C26H26N6O. The van der Waals surface area contributed by atoms with Crippen molar-refractivity contribution >= 4 is 34.8 Å². The van der Waals surface area contributed by atoms with Gasteiger partial charge in [0.15, 0.2) is 0 Å². The molecule has 0 unspecified atom stereocenters. The number of carbonyl (C=O) groups excluding carboxylic acids is 1. The van der Waals surface area contributed by atoms with Crippen molar-refractivity contribution in [1.82, 2.24) is 9.97 Å². The number of fused-ring (bicyclic) bond motifs is 1. The maximum atomic E-state index is 11.3. The molecule has 1 aromatic heterocycles. The van der Waals surface area contributed by atoms with Crippen LogP contribution in [0.15, 0.2) is 53.7 Å². The summed E-state index contributed by atoms with van der Waals surface area (Å²) in [5.74, 6) is 7.10. The molecule has 0 aliphatic carbocycles. The van der Waals surface area contributed by atoms with Crippen molar-refractivity contribution in [3.05, 3.63) is 70.9 Å². The number of rotatable bonds is 7. The molecular weight excluding hydrogens is 412 g/mol. The van der Waals surface area contributed by atoms with Gasteiger partial charge in [-0.3, -0.25) is 9.79 Å². The van der Waals surface area contributed by atoms with Crippen molar-refractivity contribution in [2.45, 2.75) is 33.1 Å². The predicted octanol–water partition coefficient (Wildman–Crippen LogP) is 4.58. The van der Waals surface area contributed by atoms with Gasteiger partial charge in [-0.05, 0) is 60.9 Å². The summed E-state index contributed by atoms with van der Waals surface area (Å²) in [5, 5.41) is 6.48. The van der Waals surface area contributed by atoms with E-state index in [1.165, 1.54) is 11.3 Å². The summed E-state index contributed by atoms with van der Waals surface area (Å²) in [5.41, 5.74) is 11.7. The van der Waals surface area contributed by atoms with E-state index in [9.17, 15) is 4.79 Å². The summed E-state index contributed by atoms with van der Waals surface area (Å²) in [6.45, 7) is 5.00. The molecule has 0 radical (unpaired) electrons. The molecule has 0 saturated heterocycles. The van der Waals surface area contributed by atoms with Gasteiger partial charge in [0.25, 0.3) is 0 Å². The van der Waals surface area contributed by atoms with Crippen LogP contribution in [0.5, 0.6) is 0 Å². The fraction of sp³-hybridized carbons (Fsp3) is 0.231. The Morgan fingerprint density at radius 3 is 2.67 bits per heavy atom. The molecule has 33 heavy (non-hydrogen) atoms. The van der Waals surface area contributed by atoms with Crippen LogP contribution in [0.25, 0.3) is 0 Å². The van der Waals surface area contributed by atoms with Gasteiger partial charge < -0.3 is 16.4 Å². The fourth-order valence-electron chi connectivity index (χ4n) is 3.45. The van der Waals surface area contributed by atoms with Crippen LogP contribution in [0.1, 0.15) is 53.7 Å². The summed E-state index contributed by atoms with van der Waals surface area (Å²) < 4.78 is 0. The number of nitrogens with zero attached hydrogens (tertiary/aromatic N) is 3. The minimum Gasteiger partial charge on any atom is -0.369 e. The van der Waals surface area contributed by atoms with Crippen molar-refractivity contribution in [2.24, 2.45) is 10.7 Å². The molecule has 7 nitrogen and oxygen atoms in total. The van der Waals surface area contributed by atoms with E-state index in [1.807, 2.05) is 12.1 Å². The lowest BCUT2D eigenvalue weighted by atomic mass is 10.1. The Labute approximate surface area is 193 Å². The molecule has 0 spiro atoms. The highest BCUT2D eigenvalue weighted by atomic mass is 16.1. The first kappa shape index (κ1) is 22.0. The Bertz CT molecular complexity index is 1270. The maximum absolute atomic E-state index is 11.3. The Hall–Kier alpha value is -4.18. The summed E-state index contributed by atoms with van der Waals surface area (Å²) in [4.78, 5) is 24.9. The molecule has 2 aromatic carbocycles. The molecule has 0 fully saturated rings. The van der Waals surface area contributed by atoms with Crippen LogP contribution in [0.3, 0.4) is 0 Å². The van der Waals surface area contributed by atoms with Gasteiger partial charge >= 0.3 is 0 Å². The van der Waals surface area contributed by atoms with E-state index in [2.05, 4.69) is 57.3 Å². The second kappa shape index (κ2) is 9.96. The molecule has 1 aliphatic heterocycles. The monoisotopic (exact) mass is 438 g/mol. The van der Waals surface area contributed by atoms with Crippen LogP contribution < -0.4 is 16.4 Å². The molecule has 4 N–H and O–H groups in total. The summed E-state index contributed by atoms with van der Waals surface area (Å²) >= 11 is 0. The lowest BCUT2D eigenvalue weighted by Gasteiger charge is -2.10. The number of hydrogen-bond donors (Lipinski definition) is 3. The van der Waals surface area contributed by atoms with Crippen molar-refractivity contribution in [3.8, 4) is 11.8 Å². The van der Waals surface area contributed by atoms with E-state index in [0.717, 1.165) is 48.3 Å². The third kappa shape index (κ3) is 5.36. The smallest absolute Gasteiger partial charge is 0.248 e. The number of nitrogens with two attached hydrogens (primary N) is 1. The number of aromatic nitrogens is 2. The first-order valence-electron chi connectivity index (χ1n) is 11.0. The van der Waals surface area contributed by atoms with Gasteiger partial charge in [0.1, 0.15) is 5.82 Å². The number of hydrogen-bond acceptors (Lipinski definition) is 6. The SMILES string of the molecule is CCCNc1nc(Nc2ccc(C(N)=O)cc2)ncc1C#Cc1ccc2c(c1)CC(CC)=N2. The van der Waals surface area contributed by atoms with Crippen LogP contribution in [0.2, 0.25) is 0 Å². The normalized spacial score (nSPS) is 11.8. The van der Waals surface area contributed by atoms with E-state index in [0.29, 0.717) is 17.3 Å². The number of benzene rings is 2. The Morgan fingerprint density at radius 1 is 1.12 bits per heavy atom. The first-order valence-corrected chi connectivity index (χ1v) is 11.0. The molecule has 0 saturated carbocycles. The number of amides is 1. The summed E-state index contributed by atoms with van der Waals surface area (Å²) in [7, 11) is 0. The summed E-state index contributed by atoms with van der Waals surface area (Å²) in [6, 6.07) is 13.0. The lowest BCUT2D eigenvalue weighted by Crippen LogP contribution is -2.10. The predicted molar refractivity (Wildman–Crippen MR) is 133 cm³/mol. The number of nitrogens with one attached hydrogen (secondary N) is 2. The molecule has 3 aromatic rings. The van der Waals surface area contributed by atoms with Crippen LogP contribution in [0, 0.1) is 11.8 Å². The van der Waals surface area contributed by atoms with E-state index in [1.54, 1.807) is 30.5 Å². The Kier molecular flexibility index (Phi) is 6.65. The largest absolute Gasteiger partial charge is 0.369 e. The maximum Gasteiger partial charge on any atom is 0.248 e. The molecule has 4 rings (SSSR count). The second-order valence-corrected chi connectivity index (χ2v) is 7.75. The van der Waals surface area contributed by atoms with E-state index < -0.39 is 5.91 Å². The number of anilines is 3. The Balaban J connectivity index is 1.55. The van der Waals surface area contributed by atoms with Gasteiger partial charge in [-0.25, -0.2) is 4.98 Å². The highest BCUT2D eigenvalue weighted by Gasteiger charge is 2.13. The van der Waals surface area contributed by atoms with Gasteiger partial charge in [-0.15, -0.1) is 0 Å². The van der Waals surface area contributed by atoms with Crippen molar-refractivity contribution < 1.29 is 4.79 Å². The number of primary amides is 1. The second-order valence-electron chi connectivity index (χ2n) is 7.75. The highest BCUT2D eigenvalue weighted by Crippen LogP contribution is 2.28. The van der Waals surface area contributed by atoms with Crippen LogP contribution >= 0.6 is 0 Å². The van der Waals surface area contributed by atoms with Crippen LogP contribution in [0.4, 0.5) is 23.1 Å². The van der Waals surface area contributed by atoms with Crippen molar-refractivity contribution in [3.63, 3.8) is 0 Å². The van der Waals surface area contributed by atoms with Crippen LogP contribution in [-0.4, -0.2) is 28.1 Å². The zero-order chi connectivity index (χ0) is 23.2. The van der Waals surface area contributed by atoms with Gasteiger partial charge in [0.05, 0.1) is 17.4 Å². The van der Waals surface area contributed by atoms with Crippen molar-refractivity contribution in [2.75, 3.05) is 17.2 Å². The van der Waals surface area contributed by atoms with Crippen LogP contribution in [-0.2, 0) is 6.42 Å². The van der Waals surface area contributed by atoms with Gasteiger partial charge in [0.2, 0.25) is 11.9 Å². The van der Waals surface area contributed by atoms with Gasteiger partial charge in [-0.1, -0.05) is 25.7 Å². The fourth-order valence-corrected chi connectivity index (χ4v) is 3.45. The zero-order valence-electron chi connectivity index (χ0n) is 18.8.